The van der Waals surface area contributed by atoms with Crippen LogP contribution in [0.25, 0.3) is 0 Å². The predicted molar refractivity (Wildman–Crippen MR) is 125 cm³/mol. The van der Waals surface area contributed by atoms with E-state index in [1.165, 1.54) is 17.0 Å². The SMILES string of the molecule is Cc1cc(C2C(c3ccccn3)NC(=S)N2c2ccc3c(c2)OCO3)c(C)n1C(C)C. The standard InChI is InChI=1S/C24H26N4O2S/c1-14(2)27-15(3)11-18(16(27)4)23-22(19-7-5-6-10-25-19)26-24(31)28(23)17-8-9-20-21(12-17)30-13-29-20/h5-12,14,22-23H,13H2,1-4H3,(H,26,31). The van der Waals surface area contributed by atoms with E-state index in [-0.39, 0.29) is 18.9 Å². The van der Waals surface area contributed by atoms with Gasteiger partial charge in [-0.15, -0.1) is 0 Å². The number of nitrogens with one attached hydrogen (secondary N) is 1. The molecule has 0 aliphatic carbocycles. The minimum Gasteiger partial charge on any atom is -0.454 e. The molecule has 0 spiro atoms. The molecule has 1 N–H and O–H groups in total. The number of ether oxygens (including phenoxy) is 2. The van der Waals surface area contributed by atoms with Gasteiger partial charge in [0.25, 0.3) is 0 Å². The van der Waals surface area contributed by atoms with Gasteiger partial charge in [0.05, 0.1) is 17.8 Å². The molecule has 2 aliphatic heterocycles. The van der Waals surface area contributed by atoms with Crippen LogP contribution >= 0.6 is 12.2 Å². The summed E-state index contributed by atoms with van der Waals surface area (Å²) < 4.78 is 13.5. The van der Waals surface area contributed by atoms with Crippen molar-refractivity contribution in [3.8, 4) is 11.5 Å². The first-order chi connectivity index (χ1) is 15.0. The van der Waals surface area contributed by atoms with Crippen molar-refractivity contribution < 1.29 is 9.47 Å². The first-order valence-electron chi connectivity index (χ1n) is 10.5. The van der Waals surface area contributed by atoms with Crippen LogP contribution in [0, 0.1) is 13.8 Å². The number of pyridine rings is 1. The van der Waals surface area contributed by atoms with Crippen molar-refractivity contribution in [2.24, 2.45) is 0 Å². The van der Waals surface area contributed by atoms with Gasteiger partial charge in [-0.25, -0.2) is 0 Å². The molecule has 2 aromatic heterocycles. The van der Waals surface area contributed by atoms with Crippen molar-refractivity contribution >= 4 is 23.0 Å². The molecule has 2 atom stereocenters. The Hall–Kier alpha value is -3.06. The highest BCUT2D eigenvalue weighted by atomic mass is 32.1. The van der Waals surface area contributed by atoms with Gasteiger partial charge in [0.1, 0.15) is 0 Å². The molecule has 5 rings (SSSR count). The molecule has 6 nitrogen and oxygen atoms in total. The highest BCUT2D eigenvalue weighted by molar-refractivity contribution is 7.80. The summed E-state index contributed by atoms with van der Waals surface area (Å²) in [5.74, 6) is 1.51. The molecule has 0 bridgehead atoms. The van der Waals surface area contributed by atoms with Crippen LogP contribution in [0.3, 0.4) is 0 Å². The summed E-state index contributed by atoms with van der Waals surface area (Å²) in [6.07, 6.45) is 1.83. The van der Waals surface area contributed by atoms with Crippen LogP contribution in [0.2, 0.25) is 0 Å². The molecule has 160 valence electrons. The fourth-order valence-electron chi connectivity index (χ4n) is 4.88. The van der Waals surface area contributed by atoms with Crippen molar-refractivity contribution in [3.05, 3.63) is 71.3 Å². The quantitative estimate of drug-likeness (QED) is 0.584. The average molecular weight is 435 g/mol. The Kier molecular flexibility index (Phi) is 4.85. The Labute approximate surface area is 187 Å². The highest BCUT2D eigenvalue weighted by Gasteiger charge is 2.42. The van der Waals surface area contributed by atoms with E-state index >= 15 is 0 Å². The summed E-state index contributed by atoms with van der Waals surface area (Å²) in [6, 6.07) is 14.6. The monoisotopic (exact) mass is 434 g/mol. The van der Waals surface area contributed by atoms with Crippen LogP contribution in [0.4, 0.5) is 5.69 Å². The van der Waals surface area contributed by atoms with E-state index in [4.69, 9.17) is 21.7 Å². The lowest BCUT2D eigenvalue weighted by molar-refractivity contribution is 0.174. The van der Waals surface area contributed by atoms with Gasteiger partial charge in [0, 0.05) is 35.4 Å². The number of aromatic nitrogens is 2. The van der Waals surface area contributed by atoms with Gasteiger partial charge in [-0.1, -0.05) is 6.07 Å². The van der Waals surface area contributed by atoms with E-state index in [0.717, 1.165) is 22.9 Å². The first-order valence-corrected chi connectivity index (χ1v) is 10.9. The van der Waals surface area contributed by atoms with E-state index in [1.54, 1.807) is 0 Å². The van der Waals surface area contributed by atoms with E-state index < -0.39 is 0 Å². The third-order valence-corrected chi connectivity index (χ3v) is 6.41. The maximum atomic E-state index is 5.85. The van der Waals surface area contributed by atoms with E-state index in [9.17, 15) is 0 Å². The number of anilines is 1. The fraction of sp³-hybridized carbons (Fsp3) is 0.333. The highest BCUT2D eigenvalue weighted by Crippen LogP contribution is 2.45. The van der Waals surface area contributed by atoms with Gasteiger partial charge in [-0.05, 0) is 75.8 Å². The zero-order valence-electron chi connectivity index (χ0n) is 18.1. The largest absolute Gasteiger partial charge is 0.454 e. The number of nitrogens with zero attached hydrogens (tertiary/aromatic N) is 3. The Bertz CT molecular complexity index is 1140. The number of hydrogen-bond donors (Lipinski definition) is 1. The normalized spacial score (nSPS) is 19.9. The third-order valence-electron chi connectivity index (χ3n) is 6.09. The molecule has 7 heteroatoms. The Morgan fingerprint density at radius 1 is 1.10 bits per heavy atom. The minimum atomic E-state index is -0.0692. The molecule has 31 heavy (non-hydrogen) atoms. The molecule has 3 aromatic rings. The summed E-state index contributed by atoms with van der Waals surface area (Å²) in [7, 11) is 0. The average Bonchev–Trinajstić information content (AvgIpc) is 3.43. The lowest BCUT2D eigenvalue weighted by atomic mass is 9.96. The zero-order chi connectivity index (χ0) is 21.7. The Morgan fingerprint density at radius 2 is 1.90 bits per heavy atom. The first kappa shape index (κ1) is 19.9. The predicted octanol–water partition coefficient (Wildman–Crippen LogP) is 4.99. The van der Waals surface area contributed by atoms with E-state index in [1.807, 2.05) is 36.5 Å². The zero-order valence-corrected chi connectivity index (χ0v) is 18.9. The van der Waals surface area contributed by atoms with Crippen molar-refractivity contribution in [2.75, 3.05) is 11.7 Å². The summed E-state index contributed by atoms with van der Waals surface area (Å²) >= 11 is 5.85. The number of rotatable bonds is 4. The smallest absolute Gasteiger partial charge is 0.231 e. The van der Waals surface area contributed by atoms with Crippen LogP contribution in [0.15, 0.2) is 48.7 Å². The molecule has 0 saturated carbocycles. The molecule has 0 radical (unpaired) electrons. The molecule has 2 unspecified atom stereocenters. The maximum Gasteiger partial charge on any atom is 0.231 e. The molecule has 1 saturated heterocycles. The van der Waals surface area contributed by atoms with Crippen LogP contribution in [0.1, 0.15) is 54.6 Å². The summed E-state index contributed by atoms with van der Waals surface area (Å²) in [4.78, 5) is 6.83. The molecule has 4 heterocycles. The van der Waals surface area contributed by atoms with E-state index in [0.29, 0.717) is 11.2 Å². The number of aryl methyl sites for hydroxylation is 1. The molecule has 0 amide bonds. The molecular formula is C24H26N4O2S. The van der Waals surface area contributed by atoms with Crippen LogP contribution < -0.4 is 19.7 Å². The minimum absolute atomic E-state index is 0.0403. The number of benzene rings is 1. The number of thiocarbonyl (C=S) groups is 1. The second-order valence-electron chi connectivity index (χ2n) is 8.32. The second-order valence-corrected chi connectivity index (χ2v) is 8.71. The maximum absolute atomic E-state index is 5.85. The Morgan fingerprint density at radius 3 is 2.61 bits per heavy atom. The van der Waals surface area contributed by atoms with Crippen molar-refractivity contribution in [1.29, 1.82) is 0 Å². The number of fused-ring (bicyclic) bond motifs is 1. The van der Waals surface area contributed by atoms with E-state index in [2.05, 4.69) is 59.6 Å². The summed E-state index contributed by atoms with van der Waals surface area (Å²) in [5, 5.41) is 4.21. The molecule has 1 aromatic carbocycles. The molecular weight excluding hydrogens is 408 g/mol. The Balaban J connectivity index is 1.66. The fourth-order valence-corrected chi connectivity index (χ4v) is 5.23. The molecule has 1 fully saturated rings. The van der Waals surface area contributed by atoms with Crippen molar-refractivity contribution in [3.63, 3.8) is 0 Å². The van der Waals surface area contributed by atoms with Gasteiger partial charge < -0.3 is 24.3 Å². The number of hydrogen-bond acceptors (Lipinski definition) is 4. The van der Waals surface area contributed by atoms with Crippen LogP contribution in [-0.2, 0) is 0 Å². The third kappa shape index (κ3) is 3.24. The van der Waals surface area contributed by atoms with Gasteiger partial charge in [0.2, 0.25) is 6.79 Å². The van der Waals surface area contributed by atoms with Crippen LogP contribution in [-0.4, -0.2) is 21.5 Å². The van der Waals surface area contributed by atoms with Crippen molar-refractivity contribution in [2.45, 2.75) is 45.8 Å². The van der Waals surface area contributed by atoms with Crippen molar-refractivity contribution in [1.82, 2.24) is 14.9 Å². The van der Waals surface area contributed by atoms with Gasteiger partial charge in [-0.2, -0.15) is 0 Å². The van der Waals surface area contributed by atoms with Gasteiger partial charge in [0.15, 0.2) is 16.6 Å². The second kappa shape index (κ2) is 7.57. The van der Waals surface area contributed by atoms with Gasteiger partial charge >= 0.3 is 0 Å². The summed E-state index contributed by atoms with van der Waals surface area (Å²) in [6.45, 7) is 9.03. The lowest BCUT2D eigenvalue weighted by Crippen LogP contribution is -2.29. The lowest BCUT2D eigenvalue weighted by Gasteiger charge is -2.28. The topological polar surface area (TPSA) is 51.6 Å². The summed E-state index contributed by atoms with van der Waals surface area (Å²) in [5.41, 5.74) is 5.67. The van der Waals surface area contributed by atoms with Gasteiger partial charge in [-0.3, -0.25) is 4.98 Å². The van der Waals surface area contributed by atoms with Crippen LogP contribution in [0.5, 0.6) is 11.5 Å². The molecule has 2 aliphatic rings.